The lowest BCUT2D eigenvalue weighted by atomic mass is 10.1. The summed E-state index contributed by atoms with van der Waals surface area (Å²) in [6.45, 7) is 1.04. The Bertz CT molecular complexity index is 816. The van der Waals surface area contributed by atoms with Gasteiger partial charge in [0.25, 0.3) is 0 Å². The lowest BCUT2D eigenvalue weighted by Crippen LogP contribution is -2.51. The van der Waals surface area contributed by atoms with Crippen molar-refractivity contribution in [2.24, 2.45) is 0 Å². The van der Waals surface area contributed by atoms with Crippen LogP contribution in [0.2, 0.25) is 0 Å². The van der Waals surface area contributed by atoms with Crippen molar-refractivity contribution in [3.8, 4) is 0 Å². The van der Waals surface area contributed by atoms with Gasteiger partial charge in [0.15, 0.2) is 0 Å². The van der Waals surface area contributed by atoms with E-state index in [9.17, 15) is 19.5 Å². The fraction of sp³-hybridized carbons (Fsp3) is 0.476. The molecular formula is C21H24N2O4. The SMILES string of the molecule is O=C(O)[C@@H]1CCCN1C(=O)[C@@H]1CCCN1C(=O)CC1=Cc2ccccc2C1. The van der Waals surface area contributed by atoms with Crippen LogP contribution in [-0.2, 0) is 20.8 Å². The fourth-order valence-corrected chi connectivity index (χ4v) is 4.56. The van der Waals surface area contributed by atoms with Gasteiger partial charge < -0.3 is 14.9 Å². The lowest BCUT2D eigenvalue weighted by Gasteiger charge is -2.30. The predicted molar refractivity (Wildman–Crippen MR) is 99.8 cm³/mol. The van der Waals surface area contributed by atoms with Crippen LogP contribution < -0.4 is 0 Å². The van der Waals surface area contributed by atoms with E-state index in [2.05, 4.69) is 18.2 Å². The van der Waals surface area contributed by atoms with Crippen molar-refractivity contribution in [2.45, 2.75) is 50.6 Å². The topological polar surface area (TPSA) is 77.9 Å². The van der Waals surface area contributed by atoms with Crippen LogP contribution in [0, 0.1) is 0 Å². The molecule has 2 aliphatic heterocycles. The molecule has 0 aromatic heterocycles. The molecule has 1 aliphatic carbocycles. The first kappa shape index (κ1) is 17.8. The number of rotatable bonds is 4. The van der Waals surface area contributed by atoms with Crippen LogP contribution in [-0.4, -0.2) is 57.9 Å². The Morgan fingerprint density at radius 2 is 1.70 bits per heavy atom. The average molecular weight is 368 g/mol. The number of fused-ring (bicyclic) bond motifs is 1. The van der Waals surface area contributed by atoms with E-state index in [0.29, 0.717) is 38.8 Å². The predicted octanol–water partition coefficient (Wildman–Crippen LogP) is 2.08. The van der Waals surface area contributed by atoms with Crippen molar-refractivity contribution in [3.05, 3.63) is 41.0 Å². The van der Waals surface area contributed by atoms with Crippen LogP contribution in [0.4, 0.5) is 0 Å². The van der Waals surface area contributed by atoms with E-state index in [1.54, 1.807) is 4.90 Å². The molecule has 6 nitrogen and oxygen atoms in total. The Kier molecular flexibility index (Phi) is 4.72. The summed E-state index contributed by atoms with van der Waals surface area (Å²) in [6.07, 6.45) is 5.77. The minimum absolute atomic E-state index is 0.0315. The summed E-state index contributed by atoms with van der Waals surface area (Å²) in [6, 6.07) is 6.86. The number of carbonyl (C=O) groups excluding carboxylic acids is 2. The Labute approximate surface area is 158 Å². The van der Waals surface area contributed by atoms with Crippen LogP contribution >= 0.6 is 0 Å². The Balaban J connectivity index is 1.43. The van der Waals surface area contributed by atoms with E-state index in [-0.39, 0.29) is 11.8 Å². The number of carboxylic acid groups (broad SMARTS) is 1. The van der Waals surface area contributed by atoms with Gasteiger partial charge in [-0.2, -0.15) is 0 Å². The zero-order valence-corrected chi connectivity index (χ0v) is 15.3. The molecule has 6 heteroatoms. The molecule has 2 heterocycles. The highest BCUT2D eigenvalue weighted by atomic mass is 16.4. The number of benzene rings is 1. The van der Waals surface area contributed by atoms with Gasteiger partial charge in [-0.15, -0.1) is 0 Å². The molecule has 0 spiro atoms. The molecule has 2 saturated heterocycles. The maximum atomic E-state index is 12.9. The van der Waals surface area contributed by atoms with E-state index in [4.69, 9.17) is 0 Å². The summed E-state index contributed by atoms with van der Waals surface area (Å²) in [7, 11) is 0. The van der Waals surface area contributed by atoms with Crippen LogP contribution in [0.1, 0.15) is 43.2 Å². The Morgan fingerprint density at radius 1 is 1.00 bits per heavy atom. The molecule has 1 aromatic carbocycles. The van der Waals surface area contributed by atoms with Crippen LogP contribution in [0.5, 0.6) is 0 Å². The van der Waals surface area contributed by atoms with Crippen molar-refractivity contribution in [1.29, 1.82) is 0 Å². The number of likely N-dealkylation sites (tertiary alicyclic amines) is 2. The van der Waals surface area contributed by atoms with E-state index in [1.165, 1.54) is 10.5 Å². The normalized spacial score (nSPS) is 24.1. The van der Waals surface area contributed by atoms with Crippen molar-refractivity contribution < 1.29 is 19.5 Å². The van der Waals surface area contributed by atoms with Crippen LogP contribution in [0.3, 0.4) is 0 Å². The van der Waals surface area contributed by atoms with E-state index in [0.717, 1.165) is 24.0 Å². The van der Waals surface area contributed by atoms with Crippen molar-refractivity contribution >= 4 is 23.9 Å². The van der Waals surface area contributed by atoms with Crippen molar-refractivity contribution in [1.82, 2.24) is 9.80 Å². The molecule has 1 N–H and O–H groups in total. The molecule has 3 aliphatic rings. The number of hydrogen-bond donors (Lipinski definition) is 1. The number of amides is 2. The molecule has 142 valence electrons. The van der Waals surface area contributed by atoms with Gasteiger partial charge in [-0.3, -0.25) is 9.59 Å². The van der Waals surface area contributed by atoms with Crippen LogP contribution in [0.25, 0.3) is 6.08 Å². The first-order chi connectivity index (χ1) is 13.0. The maximum Gasteiger partial charge on any atom is 0.326 e. The zero-order valence-electron chi connectivity index (χ0n) is 15.3. The highest BCUT2D eigenvalue weighted by Crippen LogP contribution is 2.29. The molecule has 2 amide bonds. The third kappa shape index (κ3) is 3.36. The monoisotopic (exact) mass is 368 g/mol. The third-order valence-electron chi connectivity index (χ3n) is 5.89. The van der Waals surface area contributed by atoms with Gasteiger partial charge in [0.2, 0.25) is 11.8 Å². The van der Waals surface area contributed by atoms with Crippen molar-refractivity contribution in [2.75, 3.05) is 13.1 Å². The van der Waals surface area contributed by atoms with E-state index in [1.807, 2.05) is 12.1 Å². The number of carbonyl (C=O) groups is 3. The fourth-order valence-electron chi connectivity index (χ4n) is 4.56. The van der Waals surface area contributed by atoms with Gasteiger partial charge >= 0.3 is 5.97 Å². The second kappa shape index (κ2) is 7.18. The molecule has 0 radical (unpaired) electrons. The summed E-state index contributed by atoms with van der Waals surface area (Å²) >= 11 is 0. The van der Waals surface area contributed by atoms with Gasteiger partial charge in [-0.1, -0.05) is 35.9 Å². The zero-order chi connectivity index (χ0) is 19.0. The molecule has 2 fully saturated rings. The van der Waals surface area contributed by atoms with Gasteiger partial charge in [0, 0.05) is 19.5 Å². The summed E-state index contributed by atoms with van der Waals surface area (Å²) in [5.74, 6) is -1.18. The number of hydrogen-bond acceptors (Lipinski definition) is 3. The van der Waals surface area contributed by atoms with E-state index < -0.39 is 18.1 Å². The standard InChI is InChI=1S/C21H24N2O4/c24-19(13-14-11-15-5-1-2-6-16(15)12-14)22-9-3-7-17(22)20(25)23-10-4-8-18(23)21(26)27/h1-2,5-6,11,17-18H,3-4,7-10,12-13H2,(H,26,27)/t17-,18-/m0/s1. The molecular weight excluding hydrogens is 344 g/mol. The molecule has 1 aromatic rings. The summed E-state index contributed by atoms with van der Waals surface area (Å²) in [5, 5.41) is 9.34. The number of nitrogens with zero attached hydrogens (tertiary/aromatic N) is 2. The largest absolute Gasteiger partial charge is 0.480 e. The lowest BCUT2D eigenvalue weighted by molar-refractivity contribution is -0.151. The molecule has 0 unspecified atom stereocenters. The summed E-state index contributed by atoms with van der Waals surface area (Å²) < 4.78 is 0. The summed E-state index contributed by atoms with van der Waals surface area (Å²) in [5.41, 5.74) is 3.47. The van der Waals surface area contributed by atoms with Crippen molar-refractivity contribution in [3.63, 3.8) is 0 Å². The first-order valence-electron chi connectivity index (χ1n) is 9.64. The third-order valence-corrected chi connectivity index (χ3v) is 5.89. The van der Waals surface area contributed by atoms with Gasteiger partial charge in [-0.25, -0.2) is 4.79 Å². The van der Waals surface area contributed by atoms with Crippen LogP contribution in [0.15, 0.2) is 29.8 Å². The highest BCUT2D eigenvalue weighted by Gasteiger charge is 2.42. The number of aliphatic carboxylic acids is 1. The highest BCUT2D eigenvalue weighted by molar-refractivity contribution is 5.92. The number of carboxylic acids is 1. The molecule has 0 saturated carbocycles. The second-order valence-electron chi connectivity index (χ2n) is 7.63. The first-order valence-corrected chi connectivity index (χ1v) is 9.64. The van der Waals surface area contributed by atoms with Gasteiger partial charge in [-0.05, 0) is 43.2 Å². The average Bonchev–Trinajstić information content (AvgIpc) is 3.38. The second-order valence-corrected chi connectivity index (χ2v) is 7.63. The molecule has 2 atom stereocenters. The Morgan fingerprint density at radius 3 is 2.44 bits per heavy atom. The van der Waals surface area contributed by atoms with Gasteiger partial charge in [0.1, 0.15) is 12.1 Å². The minimum Gasteiger partial charge on any atom is -0.480 e. The molecule has 4 rings (SSSR count). The smallest absolute Gasteiger partial charge is 0.326 e. The summed E-state index contributed by atoms with van der Waals surface area (Å²) in [4.78, 5) is 40.4. The molecule has 27 heavy (non-hydrogen) atoms. The minimum atomic E-state index is -0.953. The van der Waals surface area contributed by atoms with Gasteiger partial charge in [0.05, 0.1) is 0 Å². The maximum absolute atomic E-state index is 12.9. The Hall–Kier alpha value is -2.63. The quantitative estimate of drug-likeness (QED) is 0.883. The van der Waals surface area contributed by atoms with E-state index >= 15 is 0 Å². The molecule has 0 bridgehead atoms.